The molecule has 3 nitrogen and oxygen atoms in total. The van der Waals surface area contributed by atoms with E-state index < -0.39 is 0 Å². The SMILES string of the molecule is CCN(CC)C/C=N/C(=S)Nc1ccccc1. The van der Waals surface area contributed by atoms with Crippen LogP contribution in [-0.2, 0) is 0 Å². The predicted octanol–water partition coefficient (Wildman–Crippen LogP) is 2.80. The normalized spacial score (nSPS) is 11.0. The van der Waals surface area contributed by atoms with Crippen LogP contribution in [0.5, 0.6) is 0 Å². The molecule has 0 radical (unpaired) electrons. The average molecular weight is 249 g/mol. The Labute approximate surface area is 109 Å². The van der Waals surface area contributed by atoms with Crippen molar-refractivity contribution < 1.29 is 0 Å². The van der Waals surface area contributed by atoms with Gasteiger partial charge in [0, 0.05) is 18.4 Å². The highest BCUT2D eigenvalue weighted by molar-refractivity contribution is 7.80. The van der Waals surface area contributed by atoms with E-state index in [1.807, 2.05) is 36.5 Å². The quantitative estimate of drug-likeness (QED) is 0.642. The molecule has 1 rings (SSSR count). The Kier molecular flexibility index (Phi) is 6.43. The van der Waals surface area contributed by atoms with E-state index in [9.17, 15) is 0 Å². The topological polar surface area (TPSA) is 27.6 Å². The molecule has 0 spiro atoms. The van der Waals surface area contributed by atoms with Gasteiger partial charge in [0.1, 0.15) is 0 Å². The Bertz CT molecular complexity index is 358. The highest BCUT2D eigenvalue weighted by Crippen LogP contribution is 2.04. The van der Waals surface area contributed by atoms with Gasteiger partial charge in [-0.1, -0.05) is 32.0 Å². The van der Waals surface area contributed by atoms with E-state index in [2.05, 4.69) is 29.1 Å². The first-order valence-electron chi connectivity index (χ1n) is 5.87. The standard InChI is InChI=1S/C13H19N3S/c1-3-16(4-2)11-10-14-13(17)15-12-8-6-5-7-9-12/h5-10H,3-4,11H2,1-2H3,(H,15,17)/b14-10+. The molecule has 0 heterocycles. The molecule has 0 aromatic heterocycles. The lowest BCUT2D eigenvalue weighted by Gasteiger charge is -2.14. The second kappa shape index (κ2) is 7.92. The van der Waals surface area contributed by atoms with E-state index in [1.165, 1.54) is 0 Å². The molecule has 0 bridgehead atoms. The molecule has 4 heteroatoms. The molecule has 0 unspecified atom stereocenters. The maximum atomic E-state index is 5.13. The van der Waals surface area contributed by atoms with Crippen LogP contribution in [0, 0.1) is 0 Å². The molecule has 0 saturated carbocycles. The van der Waals surface area contributed by atoms with Crippen molar-refractivity contribution in [3.05, 3.63) is 30.3 Å². The van der Waals surface area contributed by atoms with Crippen LogP contribution in [0.3, 0.4) is 0 Å². The van der Waals surface area contributed by atoms with Crippen LogP contribution in [0.25, 0.3) is 0 Å². The third kappa shape index (κ3) is 5.56. The summed E-state index contributed by atoms with van der Waals surface area (Å²) in [5.41, 5.74) is 0.970. The minimum Gasteiger partial charge on any atom is -0.331 e. The van der Waals surface area contributed by atoms with Gasteiger partial charge in [0.15, 0.2) is 5.11 Å². The van der Waals surface area contributed by atoms with Crippen molar-refractivity contribution in [2.45, 2.75) is 13.8 Å². The predicted molar refractivity (Wildman–Crippen MR) is 78.9 cm³/mol. The van der Waals surface area contributed by atoms with Crippen LogP contribution in [0.1, 0.15) is 13.8 Å². The van der Waals surface area contributed by atoms with Crippen LogP contribution in [0.2, 0.25) is 0 Å². The summed E-state index contributed by atoms with van der Waals surface area (Å²) in [7, 11) is 0. The van der Waals surface area contributed by atoms with Crippen molar-refractivity contribution in [2.24, 2.45) is 4.99 Å². The van der Waals surface area contributed by atoms with Gasteiger partial charge in [-0.3, -0.25) is 4.90 Å². The van der Waals surface area contributed by atoms with Crippen LogP contribution in [0.4, 0.5) is 5.69 Å². The van der Waals surface area contributed by atoms with Gasteiger partial charge in [-0.25, -0.2) is 4.99 Å². The van der Waals surface area contributed by atoms with E-state index in [4.69, 9.17) is 12.2 Å². The first kappa shape index (κ1) is 13.8. The summed E-state index contributed by atoms with van der Waals surface area (Å²) in [4.78, 5) is 6.48. The molecule has 0 aliphatic rings. The average Bonchev–Trinajstić information content (AvgIpc) is 2.36. The third-order valence-electron chi connectivity index (χ3n) is 2.47. The van der Waals surface area contributed by atoms with E-state index in [1.54, 1.807) is 0 Å². The maximum Gasteiger partial charge on any atom is 0.196 e. The molecule has 0 amide bonds. The molecule has 1 aromatic rings. The lowest BCUT2D eigenvalue weighted by atomic mass is 10.3. The first-order valence-corrected chi connectivity index (χ1v) is 6.28. The van der Waals surface area contributed by atoms with E-state index in [-0.39, 0.29) is 0 Å². The van der Waals surface area contributed by atoms with Crippen molar-refractivity contribution in [2.75, 3.05) is 25.0 Å². The summed E-state index contributed by atoms with van der Waals surface area (Å²) >= 11 is 5.13. The number of para-hydroxylation sites is 1. The second-order valence-corrected chi connectivity index (χ2v) is 3.98. The molecule has 17 heavy (non-hydrogen) atoms. The number of anilines is 1. The van der Waals surface area contributed by atoms with Crippen molar-refractivity contribution in [3.8, 4) is 0 Å². The van der Waals surface area contributed by atoms with Gasteiger partial charge in [0.2, 0.25) is 0 Å². The van der Waals surface area contributed by atoms with Gasteiger partial charge < -0.3 is 5.32 Å². The van der Waals surface area contributed by atoms with E-state index >= 15 is 0 Å². The molecule has 92 valence electrons. The van der Waals surface area contributed by atoms with Crippen LogP contribution in [0.15, 0.2) is 35.3 Å². The number of aliphatic imine (C=N–C) groups is 1. The molecular formula is C13H19N3S. The van der Waals surface area contributed by atoms with Crippen molar-refractivity contribution in [3.63, 3.8) is 0 Å². The highest BCUT2D eigenvalue weighted by Gasteiger charge is 1.96. The van der Waals surface area contributed by atoms with Gasteiger partial charge in [0.05, 0.1) is 0 Å². The van der Waals surface area contributed by atoms with Crippen molar-refractivity contribution in [1.29, 1.82) is 0 Å². The molecule has 0 fully saturated rings. The highest BCUT2D eigenvalue weighted by atomic mass is 32.1. The van der Waals surface area contributed by atoms with Crippen molar-refractivity contribution in [1.82, 2.24) is 4.90 Å². The number of nitrogens with one attached hydrogen (secondary N) is 1. The fourth-order valence-electron chi connectivity index (χ4n) is 1.40. The largest absolute Gasteiger partial charge is 0.331 e. The summed E-state index contributed by atoms with van der Waals surface area (Å²) < 4.78 is 0. The Morgan fingerprint density at radius 2 is 1.94 bits per heavy atom. The Hall–Kier alpha value is -1.26. The summed E-state index contributed by atoms with van der Waals surface area (Å²) in [6.07, 6.45) is 1.85. The van der Waals surface area contributed by atoms with Gasteiger partial charge in [-0.2, -0.15) is 0 Å². The van der Waals surface area contributed by atoms with Gasteiger partial charge in [-0.15, -0.1) is 0 Å². The minimum atomic E-state index is 0.503. The van der Waals surface area contributed by atoms with Gasteiger partial charge >= 0.3 is 0 Å². The Balaban J connectivity index is 2.37. The molecule has 0 saturated heterocycles. The number of benzene rings is 1. The van der Waals surface area contributed by atoms with Crippen molar-refractivity contribution >= 4 is 29.2 Å². The Morgan fingerprint density at radius 1 is 1.29 bits per heavy atom. The molecule has 0 aliphatic heterocycles. The zero-order valence-electron chi connectivity index (χ0n) is 10.4. The van der Waals surface area contributed by atoms with E-state index in [0.717, 1.165) is 25.3 Å². The van der Waals surface area contributed by atoms with Gasteiger partial charge in [-0.05, 0) is 37.4 Å². The third-order valence-corrected chi connectivity index (χ3v) is 2.68. The Morgan fingerprint density at radius 3 is 2.53 bits per heavy atom. The second-order valence-electron chi connectivity index (χ2n) is 3.59. The molecule has 0 atom stereocenters. The summed E-state index contributed by atoms with van der Waals surface area (Å²) in [5, 5.41) is 3.57. The summed E-state index contributed by atoms with van der Waals surface area (Å²) in [6, 6.07) is 9.82. The minimum absolute atomic E-state index is 0.503. The van der Waals surface area contributed by atoms with Crippen LogP contribution >= 0.6 is 12.2 Å². The monoisotopic (exact) mass is 249 g/mol. The fraction of sp³-hybridized carbons (Fsp3) is 0.385. The number of nitrogens with zero attached hydrogens (tertiary/aromatic N) is 2. The van der Waals surface area contributed by atoms with Gasteiger partial charge in [0.25, 0.3) is 0 Å². The maximum absolute atomic E-state index is 5.13. The molecule has 1 aromatic carbocycles. The number of hydrogen-bond donors (Lipinski definition) is 1. The lowest BCUT2D eigenvalue weighted by Crippen LogP contribution is -2.25. The van der Waals surface area contributed by atoms with Crippen LogP contribution < -0.4 is 5.32 Å². The van der Waals surface area contributed by atoms with Crippen LogP contribution in [-0.4, -0.2) is 35.9 Å². The molecule has 1 N–H and O–H groups in total. The summed E-state index contributed by atoms with van der Waals surface area (Å²) in [6.45, 7) is 7.17. The lowest BCUT2D eigenvalue weighted by molar-refractivity contribution is 0.350. The summed E-state index contributed by atoms with van der Waals surface area (Å²) in [5.74, 6) is 0. The fourth-order valence-corrected chi connectivity index (χ4v) is 1.59. The zero-order chi connectivity index (χ0) is 12.5. The first-order chi connectivity index (χ1) is 8.26. The van der Waals surface area contributed by atoms with E-state index in [0.29, 0.717) is 5.11 Å². The zero-order valence-corrected chi connectivity index (χ0v) is 11.2. The molecule has 0 aliphatic carbocycles. The number of rotatable bonds is 5. The molecular weight excluding hydrogens is 230 g/mol. The number of hydrogen-bond acceptors (Lipinski definition) is 2. The number of thiocarbonyl (C=S) groups is 1. The smallest absolute Gasteiger partial charge is 0.196 e.